The summed E-state index contributed by atoms with van der Waals surface area (Å²) in [5.41, 5.74) is 2.35. The first-order chi connectivity index (χ1) is 9.20. The Morgan fingerprint density at radius 3 is 2.68 bits per heavy atom. The van der Waals surface area contributed by atoms with Crippen LogP contribution in [0.3, 0.4) is 0 Å². The average Bonchev–Trinajstić information content (AvgIpc) is 2.89. The lowest BCUT2D eigenvalue weighted by molar-refractivity contribution is 0.346. The quantitative estimate of drug-likeness (QED) is 0.865. The van der Waals surface area contributed by atoms with E-state index in [2.05, 4.69) is 40.4 Å². The van der Waals surface area contributed by atoms with Crippen molar-refractivity contribution in [2.45, 2.75) is 19.4 Å². The minimum Gasteiger partial charge on any atom is -0.372 e. The van der Waals surface area contributed by atoms with Crippen LogP contribution in [0.25, 0.3) is 0 Å². The molecule has 106 valence electrons. The Labute approximate surface area is 121 Å². The van der Waals surface area contributed by atoms with Gasteiger partial charge in [-0.25, -0.2) is 0 Å². The van der Waals surface area contributed by atoms with Crippen molar-refractivity contribution in [2.75, 3.05) is 45.2 Å². The second-order valence-corrected chi connectivity index (χ2v) is 5.69. The lowest BCUT2D eigenvalue weighted by Crippen LogP contribution is -2.31. The molecular formula is C15H24ClN3. The van der Waals surface area contributed by atoms with Gasteiger partial charge in [0.2, 0.25) is 0 Å². The van der Waals surface area contributed by atoms with E-state index < -0.39 is 0 Å². The number of likely N-dealkylation sites (tertiary alicyclic amines) is 1. The van der Waals surface area contributed by atoms with E-state index >= 15 is 0 Å². The molecule has 1 aliphatic rings. The van der Waals surface area contributed by atoms with Gasteiger partial charge in [0.25, 0.3) is 0 Å². The van der Waals surface area contributed by atoms with Crippen LogP contribution in [-0.4, -0.2) is 45.2 Å². The van der Waals surface area contributed by atoms with Gasteiger partial charge in [-0.2, -0.15) is 0 Å². The molecule has 0 unspecified atom stereocenters. The van der Waals surface area contributed by atoms with Crippen LogP contribution in [0.2, 0.25) is 5.02 Å². The number of anilines is 1. The average molecular weight is 282 g/mol. The molecule has 1 saturated heterocycles. The van der Waals surface area contributed by atoms with Gasteiger partial charge in [0, 0.05) is 26.7 Å². The molecule has 0 atom stereocenters. The molecule has 0 spiro atoms. The highest BCUT2D eigenvalue weighted by Gasteiger charge is 2.13. The lowest BCUT2D eigenvalue weighted by atomic mass is 10.2. The van der Waals surface area contributed by atoms with Gasteiger partial charge in [-0.3, -0.25) is 0 Å². The highest BCUT2D eigenvalue weighted by molar-refractivity contribution is 6.33. The van der Waals surface area contributed by atoms with Crippen molar-refractivity contribution >= 4 is 17.3 Å². The van der Waals surface area contributed by atoms with E-state index in [1.54, 1.807) is 0 Å². The molecule has 1 N–H and O–H groups in total. The standard InChI is InChI=1S/C15H24ClN3/c1-17-12-13-5-6-15(14(16)11-13)18(2)9-10-19-7-3-4-8-19/h5-6,11,17H,3-4,7-10,12H2,1-2H3. The Bertz CT molecular complexity index is 402. The molecule has 2 rings (SSSR count). The van der Waals surface area contributed by atoms with Gasteiger partial charge in [-0.05, 0) is 50.7 Å². The van der Waals surface area contributed by atoms with Crippen molar-refractivity contribution in [2.24, 2.45) is 0 Å². The molecule has 1 aromatic rings. The Hall–Kier alpha value is -0.770. The molecule has 0 saturated carbocycles. The van der Waals surface area contributed by atoms with E-state index in [1.165, 1.54) is 31.5 Å². The zero-order valence-electron chi connectivity index (χ0n) is 12.0. The van der Waals surface area contributed by atoms with Crippen LogP contribution in [0.15, 0.2) is 18.2 Å². The largest absolute Gasteiger partial charge is 0.372 e. The summed E-state index contributed by atoms with van der Waals surface area (Å²) in [7, 11) is 4.07. The van der Waals surface area contributed by atoms with Crippen LogP contribution in [0.4, 0.5) is 5.69 Å². The van der Waals surface area contributed by atoms with Gasteiger partial charge in [0.1, 0.15) is 0 Å². The Kier molecular flexibility index (Phi) is 5.49. The summed E-state index contributed by atoms with van der Waals surface area (Å²) in [6.45, 7) is 5.53. The van der Waals surface area contributed by atoms with E-state index in [0.717, 1.165) is 30.3 Å². The van der Waals surface area contributed by atoms with E-state index in [-0.39, 0.29) is 0 Å². The summed E-state index contributed by atoms with van der Waals surface area (Å²) < 4.78 is 0. The monoisotopic (exact) mass is 281 g/mol. The third-order valence-corrected chi connectivity index (χ3v) is 4.06. The number of hydrogen-bond acceptors (Lipinski definition) is 3. The zero-order chi connectivity index (χ0) is 13.7. The van der Waals surface area contributed by atoms with Crippen LogP contribution in [0.5, 0.6) is 0 Å². The molecule has 4 heteroatoms. The third-order valence-electron chi connectivity index (χ3n) is 3.75. The topological polar surface area (TPSA) is 18.5 Å². The summed E-state index contributed by atoms with van der Waals surface area (Å²) in [4.78, 5) is 4.78. The summed E-state index contributed by atoms with van der Waals surface area (Å²) in [5, 5.41) is 3.99. The van der Waals surface area contributed by atoms with E-state index in [1.807, 2.05) is 7.05 Å². The van der Waals surface area contributed by atoms with Crippen molar-refractivity contribution in [3.63, 3.8) is 0 Å². The van der Waals surface area contributed by atoms with Crippen molar-refractivity contribution in [3.05, 3.63) is 28.8 Å². The molecule has 3 nitrogen and oxygen atoms in total. The fourth-order valence-electron chi connectivity index (χ4n) is 2.59. The maximum atomic E-state index is 6.37. The third kappa shape index (κ3) is 4.10. The molecule has 1 heterocycles. The fourth-order valence-corrected chi connectivity index (χ4v) is 2.94. The first-order valence-electron chi connectivity index (χ1n) is 7.07. The molecule has 0 radical (unpaired) electrons. The number of nitrogens with one attached hydrogen (secondary N) is 1. The predicted molar refractivity (Wildman–Crippen MR) is 83.2 cm³/mol. The fraction of sp³-hybridized carbons (Fsp3) is 0.600. The minimum absolute atomic E-state index is 0.844. The molecule has 0 aliphatic carbocycles. The van der Waals surface area contributed by atoms with Gasteiger partial charge in [-0.15, -0.1) is 0 Å². The maximum Gasteiger partial charge on any atom is 0.0642 e. The number of likely N-dealkylation sites (N-methyl/N-ethyl adjacent to an activating group) is 1. The van der Waals surface area contributed by atoms with Crippen molar-refractivity contribution in [1.29, 1.82) is 0 Å². The molecule has 1 aliphatic heterocycles. The molecule has 0 bridgehead atoms. The van der Waals surface area contributed by atoms with Gasteiger partial charge < -0.3 is 15.1 Å². The Morgan fingerprint density at radius 1 is 1.32 bits per heavy atom. The second kappa shape index (κ2) is 7.13. The van der Waals surface area contributed by atoms with Crippen molar-refractivity contribution in [1.82, 2.24) is 10.2 Å². The zero-order valence-corrected chi connectivity index (χ0v) is 12.7. The molecule has 0 aromatic heterocycles. The van der Waals surface area contributed by atoms with Crippen LogP contribution in [0.1, 0.15) is 18.4 Å². The van der Waals surface area contributed by atoms with Crippen molar-refractivity contribution in [3.8, 4) is 0 Å². The SMILES string of the molecule is CNCc1ccc(N(C)CCN2CCCC2)c(Cl)c1. The predicted octanol–water partition coefficient (Wildman–Crippen LogP) is 2.59. The van der Waals surface area contributed by atoms with Crippen LogP contribution < -0.4 is 10.2 Å². The van der Waals surface area contributed by atoms with E-state index in [0.29, 0.717) is 0 Å². The molecule has 19 heavy (non-hydrogen) atoms. The number of nitrogens with zero attached hydrogens (tertiary/aromatic N) is 2. The summed E-state index contributed by atoms with van der Waals surface area (Å²) in [6.07, 6.45) is 2.70. The summed E-state index contributed by atoms with van der Waals surface area (Å²) in [5.74, 6) is 0. The van der Waals surface area contributed by atoms with Crippen LogP contribution in [0, 0.1) is 0 Å². The molecule has 0 amide bonds. The van der Waals surface area contributed by atoms with Gasteiger partial charge >= 0.3 is 0 Å². The lowest BCUT2D eigenvalue weighted by Gasteiger charge is -2.24. The first-order valence-corrected chi connectivity index (χ1v) is 7.45. The van der Waals surface area contributed by atoms with E-state index in [9.17, 15) is 0 Å². The van der Waals surface area contributed by atoms with Crippen molar-refractivity contribution < 1.29 is 0 Å². The Morgan fingerprint density at radius 2 is 2.05 bits per heavy atom. The van der Waals surface area contributed by atoms with Gasteiger partial charge in [0.15, 0.2) is 0 Å². The highest BCUT2D eigenvalue weighted by Crippen LogP contribution is 2.26. The molecule has 1 aromatic carbocycles. The van der Waals surface area contributed by atoms with Gasteiger partial charge in [0.05, 0.1) is 10.7 Å². The molecular weight excluding hydrogens is 258 g/mol. The van der Waals surface area contributed by atoms with Gasteiger partial charge in [-0.1, -0.05) is 17.7 Å². The summed E-state index contributed by atoms with van der Waals surface area (Å²) >= 11 is 6.37. The normalized spacial score (nSPS) is 15.9. The summed E-state index contributed by atoms with van der Waals surface area (Å²) in [6, 6.07) is 6.32. The van der Waals surface area contributed by atoms with Crippen LogP contribution >= 0.6 is 11.6 Å². The second-order valence-electron chi connectivity index (χ2n) is 5.29. The van der Waals surface area contributed by atoms with Crippen LogP contribution in [-0.2, 0) is 6.54 Å². The smallest absolute Gasteiger partial charge is 0.0642 e. The first kappa shape index (κ1) is 14.6. The number of halogens is 1. The highest BCUT2D eigenvalue weighted by atomic mass is 35.5. The number of benzene rings is 1. The maximum absolute atomic E-state index is 6.37. The minimum atomic E-state index is 0.844. The Balaban J connectivity index is 1.92. The number of rotatable bonds is 6. The van der Waals surface area contributed by atoms with E-state index in [4.69, 9.17) is 11.6 Å². The molecule has 1 fully saturated rings. The number of hydrogen-bond donors (Lipinski definition) is 1.